The van der Waals surface area contributed by atoms with Crippen molar-refractivity contribution in [1.29, 1.82) is 0 Å². The number of morpholine rings is 1. The van der Waals surface area contributed by atoms with Crippen LogP contribution in [0, 0.1) is 28.4 Å². The van der Waals surface area contributed by atoms with Crippen molar-refractivity contribution < 1.29 is 42.2 Å². The number of H-pyrrole nitrogens is 1. The Bertz CT molecular complexity index is 3050. The number of carbonyl (C=O) groups is 1. The number of nitrogens with one attached hydrogen (secondary N) is 3. The summed E-state index contributed by atoms with van der Waals surface area (Å²) in [5.74, 6) is -0.219. The Morgan fingerprint density at radius 1 is 0.945 bits per heavy atom. The molecule has 7 aliphatic rings. The second-order valence-electron chi connectivity index (χ2n) is 22.0. The number of anilines is 4. The Hall–Kier alpha value is -5.99. The molecule has 386 valence electrons. The van der Waals surface area contributed by atoms with Gasteiger partial charge in [-0.2, -0.15) is 4.98 Å². The molecule has 3 saturated heterocycles. The molecule has 73 heavy (non-hydrogen) atoms. The standard InChI is InChI=1S/C54H64N8O10S/c1-33-5-3-4-6-40(33)46-31-70-22-20-60(46)38-28-54(29-38)15-18-59(19-16-54)37-7-8-41(43(25-37)61-42-12-21-69-32-48(42)72-52-45(61)24-35-11-17-55-50(35)57-52)51(63)58-73(67,68)39-26-44(62(65)66)49-47(27-39)71-30-36(56-49)23-34-9-13-53(2,64)14-10-34/h3-8,11,17,24-27,34,36,38,42,46,48,56,64H,9-10,12-16,18-23,28-32H2,1-2H3,(H,55,57)(H,58,63)/t34?,36-,42-,46-,48-,53?/m0/s1. The molecule has 0 radical (unpaired) electrons. The fourth-order valence-corrected chi connectivity index (χ4v) is 14.0. The summed E-state index contributed by atoms with van der Waals surface area (Å²) in [5, 5.41) is 27.1. The molecule has 2 aliphatic carbocycles. The van der Waals surface area contributed by atoms with Gasteiger partial charge in [0.15, 0.2) is 11.4 Å². The second kappa shape index (κ2) is 18.7. The number of aliphatic hydroxyl groups is 1. The Morgan fingerprint density at radius 2 is 1.74 bits per heavy atom. The van der Waals surface area contributed by atoms with E-state index in [9.17, 15) is 28.4 Å². The van der Waals surface area contributed by atoms with Gasteiger partial charge in [-0.25, -0.2) is 13.1 Å². The van der Waals surface area contributed by atoms with Crippen molar-refractivity contribution in [2.75, 3.05) is 67.8 Å². The molecule has 5 fully saturated rings. The summed E-state index contributed by atoms with van der Waals surface area (Å²) in [4.78, 5) is 41.4. The molecule has 7 heterocycles. The third-order valence-electron chi connectivity index (χ3n) is 17.2. The van der Waals surface area contributed by atoms with Gasteiger partial charge >= 0.3 is 0 Å². The van der Waals surface area contributed by atoms with E-state index < -0.39 is 43.1 Å². The highest BCUT2D eigenvalue weighted by atomic mass is 32.2. The molecule has 1 amide bonds. The molecule has 2 saturated carbocycles. The smallest absolute Gasteiger partial charge is 0.297 e. The number of carbonyl (C=O) groups excluding carboxylic acids is 1. The second-order valence-corrected chi connectivity index (χ2v) is 23.6. The van der Waals surface area contributed by atoms with Crippen molar-refractivity contribution in [3.8, 4) is 11.6 Å². The number of pyridine rings is 1. The highest BCUT2D eigenvalue weighted by molar-refractivity contribution is 7.90. The van der Waals surface area contributed by atoms with Crippen molar-refractivity contribution in [1.82, 2.24) is 19.6 Å². The maximum Gasteiger partial charge on any atom is 0.297 e. The molecule has 4 N–H and O–H groups in total. The molecule has 5 aromatic rings. The summed E-state index contributed by atoms with van der Waals surface area (Å²) in [6.07, 6.45) is 9.95. The van der Waals surface area contributed by atoms with Gasteiger partial charge in [-0.15, -0.1) is 0 Å². The highest BCUT2D eigenvalue weighted by Crippen LogP contribution is 2.54. The summed E-state index contributed by atoms with van der Waals surface area (Å²) < 4.78 is 55.6. The van der Waals surface area contributed by atoms with Crippen LogP contribution in [-0.4, -0.2) is 122 Å². The average Bonchev–Trinajstić information content (AvgIpc) is 3.84. The Kier molecular flexibility index (Phi) is 12.3. The first-order valence-electron chi connectivity index (χ1n) is 26.0. The maximum absolute atomic E-state index is 14.8. The van der Waals surface area contributed by atoms with E-state index in [0.29, 0.717) is 80.4 Å². The number of aromatic nitrogens is 2. The average molecular weight is 1020 g/mol. The number of nitrogens with zero attached hydrogens (tertiary/aromatic N) is 5. The zero-order valence-electron chi connectivity index (χ0n) is 41.4. The summed E-state index contributed by atoms with van der Waals surface area (Å²) >= 11 is 0. The number of amides is 1. The van der Waals surface area contributed by atoms with E-state index >= 15 is 0 Å². The molecule has 3 aromatic carbocycles. The molecule has 4 atom stereocenters. The predicted molar refractivity (Wildman–Crippen MR) is 275 cm³/mol. The van der Waals surface area contributed by atoms with E-state index in [1.165, 1.54) is 17.2 Å². The molecule has 12 rings (SSSR count). The summed E-state index contributed by atoms with van der Waals surface area (Å²) in [7, 11) is -4.71. The third-order valence-corrected chi connectivity index (χ3v) is 18.5. The van der Waals surface area contributed by atoms with Gasteiger partial charge in [0, 0.05) is 61.7 Å². The molecular weight excluding hydrogens is 953 g/mol. The van der Waals surface area contributed by atoms with Gasteiger partial charge in [0.05, 0.1) is 64.6 Å². The minimum absolute atomic E-state index is 0.0160. The molecular formula is C54H64N8O10S. The highest BCUT2D eigenvalue weighted by Gasteiger charge is 2.50. The number of sulfonamides is 1. The van der Waals surface area contributed by atoms with Crippen LogP contribution in [0.2, 0.25) is 0 Å². The van der Waals surface area contributed by atoms with E-state index in [0.717, 1.165) is 81.9 Å². The zero-order chi connectivity index (χ0) is 50.2. The Balaban J connectivity index is 0.825. The number of aryl methyl sites for hydroxylation is 1. The van der Waals surface area contributed by atoms with Crippen LogP contribution in [0.4, 0.5) is 28.4 Å². The van der Waals surface area contributed by atoms with Gasteiger partial charge in [0.25, 0.3) is 21.6 Å². The van der Waals surface area contributed by atoms with E-state index in [1.54, 1.807) is 12.3 Å². The third kappa shape index (κ3) is 9.14. The minimum Gasteiger partial charge on any atom is -0.489 e. The fourth-order valence-electron chi connectivity index (χ4n) is 13.0. The molecule has 1 spiro atoms. The monoisotopic (exact) mass is 1020 g/mol. The SMILES string of the molecule is Cc1ccccc1[C@@H]1COCCN1C1CC2(CCN(c3ccc(C(=O)NS(=O)(=O)c4cc5c(c([N+](=O)[O-])c4)N[C@@H](CC4CCC(C)(O)CC4)CO5)c(N4c5cc6cc[nH]c6nc5O[C@H]5COCC[C@@H]54)c3)CC2)C1. The van der Waals surface area contributed by atoms with Gasteiger partial charge in [-0.1, -0.05) is 24.3 Å². The van der Waals surface area contributed by atoms with Gasteiger partial charge in [0.1, 0.15) is 24.0 Å². The number of aromatic amines is 1. The topological polar surface area (TPSA) is 214 Å². The van der Waals surface area contributed by atoms with Crippen LogP contribution < -0.4 is 29.3 Å². The first kappa shape index (κ1) is 48.0. The lowest BCUT2D eigenvalue weighted by molar-refractivity contribution is -0.384. The molecule has 19 heteroatoms. The quantitative estimate of drug-likeness (QED) is 0.0773. The summed E-state index contributed by atoms with van der Waals surface area (Å²) in [6.45, 7) is 8.96. The minimum atomic E-state index is -4.71. The largest absolute Gasteiger partial charge is 0.489 e. The van der Waals surface area contributed by atoms with Gasteiger partial charge < -0.3 is 44.2 Å². The van der Waals surface area contributed by atoms with E-state index in [4.69, 9.17) is 23.9 Å². The number of benzene rings is 3. The number of hydrogen-bond donors (Lipinski definition) is 4. The first-order chi connectivity index (χ1) is 35.2. The van der Waals surface area contributed by atoms with Gasteiger partial charge in [-0.05, 0) is 131 Å². The number of rotatable bonds is 10. The van der Waals surface area contributed by atoms with Crippen LogP contribution in [0.1, 0.15) is 98.7 Å². The molecule has 0 unspecified atom stereocenters. The number of ether oxygens (including phenoxy) is 4. The lowest BCUT2D eigenvalue weighted by Crippen LogP contribution is -2.58. The van der Waals surface area contributed by atoms with Crippen LogP contribution in [0.5, 0.6) is 11.6 Å². The van der Waals surface area contributed by atoms with Crippen LogP contribution in [0.25, 0.3) is 11.0 Å². The number of nitro groups is 1. The molecule has 5 aliphatic heterocycles. The van der Waals surface area contributed by atoms with Crippen LogP contribution >= 0.6 is 0 Å². The van der Waals surface area contributed by atoms with Crippen molar-refractivity contribution in [2.45, 2.75) is 119 Å². The first-order valence-corrected chi connectivity index (χ1v) is 27.5. The van der Waals surface area contributed by atoms with Gasteiger partial charge in [0.2, 0.25) is 5.88 Å². The number of piperidine rings is 1. The van der Waals surface area contributed by atoms with Crippen molar-refractivity contribution in [3.63, 3.8) is 0 Å². The zero-order valence-corrected chi connectivity index (χ0v) is 42.2. The van der Waals surface area contributed by atoms with E-state index in [1.807, 2.05) is 31.2 Å². The Morgan fingerprint density at radius 3 is 2.53 bits per heavy atom. The molecule has 18 nitrogen and oxygen atoms in total. The summed E-state index contributed by atoms with van der Waals surface area (Å²) in [5.41, 5.74) is 4.58. The van der Waals surface area contributed by atoms with Crippen LogP contribution in [0.3, 0.4) is 0 Å². The number of fused-ring (bicyclic) bond motifs is 4. The normalized spacial score (nSPS) is 27.1. The lowest BCUT2D eigenvalue weighted by atomic mass is 9.59. The van der Waals surface area contributed by atoms with Crippen LogP contribution in [0.15, 0.2) is 77.8 Å². The van der Waals surface area contributed by atoms with Crippen molar-refractivity contribution in [2.24, 2.45) is 11.3 Å². The Labute approximate surface area is 424 Å². The number of nitro benzene ring substituents is 1. The lowest BCUT2D eigenvalue weighted by Gasteiger charge is -2.57. The van der Waals surface area contributed by atoms with E-state index in [2.05, 4.69) is 60.9 Å². The predicted octanol–water partition coefficient (Wildman–Crippen LogP) is 7.91. The maximum atomic E-state index is 14.8. The fraction of sp³-hybridized carbons (Fsp3) is 0.519. The summed E-state index contributed by atoms with van der Waals surface area (Å²) in [6, 6.07) is 20.5. The van der Waals surface area contributed by atoms with Gasteiger partial charge in [-0.3, -0.25) is 19.8 Å². The number of hydrogen-bond acceptors (Lipinski definition) is 15. The molecule has 2 aromatic heterocycles. The molecule has 0 bridgehead atoms. The van der Waals surface area contributed by atoms with Crippen molar-refractivity contribution >= 4 is 55.4 Å². The van der Waals surface area contributed by atoms with E-state index in [-0.39, 0.29) is 47.1 Å². The van der Waals surface area contributed by atoms with Crippen molar-refractivity contribution in [3.05, 3.63) is 99.7 Å². The van der Waals surface area contributed by atoms with Crippen LogP contribution in [-0.2, 0) is 19.5 Å².